The van der Waals surface area contributed by atoms with E-state index >= 15 is 8.78 Å². The molecule has 1 fully saturated rings. The highest BCUT2D eigenvalue weighted by molar-refractivity contribution is 7.89. The summed E-state index contributed by atoms with van der Waals surface area (Å²) in [6, 6.07) is 9.88. The lowest BCUT2D eigenvalue weighted by molar-refractivity contribution is -0.156. The summed E-state index contributed by atoms with van der Waals surface area (Å²) in [5.41, 5.74) is -1.61. The number of nitrogens with zero attached hydrogens (tertiary/aromatic N) is 3. The van der Waals surface area contributed by atoms with E-state index in [0.717, 1.165) is 18.9 Å². The Kier molecular flexibility index (Phi) is 9.91. The van der Waals surface area contributed by atoms with Gasteiger partial charge in [0.25, 0.3) is 5.91 Å². The van der Waals surface area contributed by atoms with Gasteiger partial charge >= 0.3 is 5.97 Å². The van der Waals surface area contributed by atoms with Crippen LogP contribution in [0.25, 0.3) is 0 Å². The van der Waals surface area contributed by atoms with E-state index in [0.29, 0.717) is 18.9 Å². The molecule has 2 aromatic carbocycles. The first-order valence-electron chi connectivity index (χ1n) is 13.7. The Labute approximate surface area is 249 Å². The number of hydrogen-bond donors (Lipinski definition) is 3. The van der Waals surface area contributed by atoms with Gasteiger partial charge in [0.05, 0.1) is 16.1 Å². The molecule has 43 heavy (non-hydrogen) atoms. The van der Waals surface area contributed by atoms with E-state index in [2.05, 4.69) is 25.3 Å². The molecule has 1 aromatic heterocycles. The molecule has 230 valence electrons. The minimum atomic E-state index is -4.19. The molecular formula is C29H34F2N6O5S. The molecular weight excluding hydrogens is 582 g/mol. The van der Waals surface area contributed by atoms with Crippen LogP contribution in [0.15, 0.2) is 65.8 Å². The Balaban J connectivity index is 1.51. The van der Waals surface area contributed by atoms with Crippen molar-refractivity contribution >= 4 is 33.5 Å². The number of piperidine rings is 1. The third-order valence-electron chi connectivity index (χ3n) is 6.49. The molecule has 1 saturated heterocycles. The SMILES string of the molecule is CC(C)(C)OC(=O)[C@H](CNC(=O)c1ccc(N2CCCC[C@H]2Nc2ncccn2)c(F)c1F)NS(=O)(=O)c1ccccc1. The van der Waals surface area contributed by atoms with Gasteiger partial charge < -0.3 is 20.3 Å². The van der Waals surface area contributed by atoms with Crippen molar-refractivity contribution in [1.82, 2.24) is 20.0 Å². The van der Waals surface area contributed by atoms with Crippen molar-refractivity contribution in [2.45, 2.75) is 62.7 Å². The highest BCUT2D eigenvalue weighted by Gasteiger charge is 2.32. The molecule has 1 amide bonds. The van der Waals surface area contributed by atoms with E-state index < -0.39 is 63.5 Å². The van der Waals surface area contributed by atoms with Crippen molar-refractivity contribution in [3.05, 3.63) is 78.1 Å². The number of carbonyl (C=O) groups excluding carboxylic acids is 2. The van der Waals surface area contributed by atoms with Crippen LogP contribution in [0, 0.1) is 11.6 Å². The van der Waals surface area contributed by atoms with E-state index in [-0.39, 0.29) is 10.6 Å². The Morgan fingerprint density at radius 3 is 2.40 bits per heavy atom. The third-order valence-corrected chi connectivity index (χ3v) is 7.98. The number of amides is 1. The van der Waals surface area contributed by atoms with Crippen molar-refractivity contribution in [3.8, 4) is 0 Å². The van der Waals surface area contributed by atoms with Gasteiger partial charge in [0.2, 0.25) is 16.0 Å². The maximum Gasteiger partial charge on any atom is 0.326 e. The number of rotatable bonds is 10. The predicted octanol–water partition coefficient (Wildman–Crippen LogP) is 3.60. The number of anilines is 2. The van der Waals surface area contributed by atoms with Crippen LogP contribution in [0.4, 0.5) is 20.4 Å². The number of esters is 1. The molecule has 1 aliphatic heterocycles. The van der Waals surface area contributed by atoms with Gasteiger partial charge in [-0.2, -0.15) is 4.72 Å². The highest BCUT2D eigenvalue weighted by Crippen LogP contribution is 2.30. The zero-order valence-electron chi connectivity index (χ0n) is 24.0. The molecule has 0 bridgehead atoms. The topological polar surface area (TPSA) is 143 Å². The molecule has 0 unspecified atom stereocenters. The van der Waals surface area contributed by atoms with E-state index in [1.54, 1.807) is 50.2 Å². The second-order valence-electron chi connectivity index (χ2n) is 10.9. The van der Waals surface area contributed by atoms with Crippen molar-refractivity contribution < 1.29 is 31.5 Å². The summed E-state index contributed by atoms with van der Waals surface area (Å²) in [6.45, 7) is 4.65. The average Bonchev–Trinajstić information content (AvgIpc) is 2.97. The number of nitrogens with one attached hydrogen (secondary N) is 3. The summed E-state index contributed by atoms with van der Waals surface area (Å²) in [5, 5.41) is 5.47. The van der Waals surface area contributed by atoms with Crippen LogP contribution in [0.5, 0.6) is 0 Å². The smallest absolute Gasteiger partial charge is 0.326 e. The average molecular weight is 617 g/mol. The number of ether oxygens (including phenoxy) is 1. The fourth-order valence-electron chi connectivity index (χ4n) is 4.52. The van der Waals surface area contributed by atoms with E-state index in [4.69, 9.17) is 4.74 Å². The number of halogens is 2. The minimum absolute atomic E-state index is 0.0376. The lowest BCUT2D eigenvalue weighted by Crippen LogP contribution is -2.50. The summed E-state index contributed by atoms with van der Waals surface area (Å²) in [7, 11) is -4.19. The van der Waals surface area contributed by atoms with Gasteiger partial charge in [-0.05, 0) is 70.4 Å². The molecule has 4 rings (SSSR count). The number of carbonyl (C=O) groups is 2. The van der Waals surface area contributed by atoms with Gasteiger partial charge in [-0.1, -0.05) is 18.2 Å². The second kappa shape index (κ2) is 13.4. The van der Waals surface area contributed by atoms with E-state index in [1.807, 2.05) is 0 Å². The predicted molar refractivity (Wildman–Crippen MR) is 156 cm³/mol. The summed E-state index contributed by atoms with van der Waals surface area (Å²) in [6.07, 6.45) is 4.97. The van der Waals surface area contributed by atoms with Crippen LogP contribution in [-0.2, 0) is 19.6 Å². The first kappa shape index (κ1) is 31.8. The Morgan fingerprint density at radius 1 is 1.02 bits per heavy atom. The van der Waals surface area contributed by atoms with Gasteiger partial charge in [-0.3, -0.25) is 9.59 Å². The molecule has 11 nitrogen and oxygen atoms in total. The highest BCUT2D eigenvalue weighted by atomic mass is 32.2. The zero-order valence-corrected chi connectivity index (χ0v) is 24.8. The first-order valence-corrected chi connectivity index (χ1v) is 15.2. The van der Waals surface area contributed by atoms with Crippen LogP contribution in [0.2, 0.25) is 0 Å². The molecule has 3 aromatic rings. The molecule has 0 saturated carbocycles. The Hall–Kier alpha value is -4.17. The summed E-state index contributed by atoms with van der Waals surface area (Å²) >= 11 is 0. The quantitative estimate of drug-likeness (QED) is 0.291. The minimum Gasteiger partial charge on any atom is -0.459 e. The summed E-state index contributed by atoms with van der Waals surface area (Å²) in [4.78, 5) is 35.7. The molecule has 0 aliphatic carbocycles. The molecule has 2 heterocycles. The van der Waals surface area contributed by atoms with Crippen LogP contribution >= 0.6 is 0 Å². The van der Waals surface area contributed by atoms with Gasteiger partial charge in [0.15, 0.2) is 11.6 Å². The van der Waals surface area contributed by atoms with Crippen molar-refractivity contribution in [1.29, 1.82) is 0 Å². The second-order valence-corrected chi connectivity index (χ2v) is 12.6. The van der Waals surface area contributed by atoms with Crippen LogP contribution in [0.1, 0.15) is 50.4 Å². The first-order chi connectivity index (χ1) is 20.4. The fourth-order valence-corrected chi connectivity index (χ4v) is 5.73. The van der Waals surface area contributed by atoms with Gasteiger partial charge in [-0.15, -0.1) is 0 Å². The monoisotopic (exact) mass is 616 g/mol. The van der Waals surface area contributed by atoms with Gasteiger partial charge in [-0.25, -0.2) is 27.2 Å². The molecule has 3 N–H and O–H groups in total. The van der Waals surface area contributed by atoms with Crippen molar-refractivity contribution in [2.75, 3.05) is 23.3 Å². The standard InChI is InChI=1S/C29H34F2N6O5S/c1-29(2,3)42-27(39)21(36-43(40,41)19-10-5-4-6-11-19)18-34-26(38)20-13-14-22(25(31)24(20)30)37-17-8-7-12-23(37)35-28-32-15-9-16-33-28/h4-6,9-11,13-16,21,23,36H,7-8,12,17-18H2,1-3H3,(H,34,38)(H,32,33,35)/t21-,23-/m0/s1. The molecule has 0 radical (unpaired) electrons. The molecule has 2 atom stereocenters. The zero-order chi connectivity index (χ0) is 31.2. The molecule has 1 aliphatic rings. The van der Waals surface area contributed by atoms with Crippen molar-refractivity contribution in [3.63, 3.8) is 0 Å². The lowest BCUT2D eigenvalue weighted by Gasteiger charge is -2.38. The maximum absolute atomic E-state index is 15.4. The van der Waals surface area contributed by atoms with Crippen molar-refractivity contribution in [2.24, 2.45) is 0 Å². The van der Waals surface area contributed by atoms with E-state index in [1.165, 1.54) is 30.3 Å². The Bertz CT molecular complexity index is 1540. The summed E-state index contributed by atoms with van der Waals surface area (Å²) < 4.78 is 64.1. The van der Waals surface area contributed by atoms with Gasteiger partial charge in [0, 0.05) is 25.5 Å². The number of hydrogen-bond acceptors (Lipinski definition) is 9. The maximum atomic E-state index is 15.4. The van der Waals surface area contributed by atoms with E-state index in [9.17, 15) is 18.0 Å². The normalized spacial score (nSPS) is 16.3. The van der Waals surface area contributed by atoms with Crippen LogP contribution in [-0.4, -0.2) is 61.2 Å². The fraction of sp³-hybridized carbons (Fsp3) is 0.379. The van der Waals surface area contributed by atoms with Gasteiger partial charge in [0.1, 0.15) is 17.8 Å². The van der Waals surface area contributed by atoms with Crippen LogP contribution < -0.4 is 20.3 Å². The number of benzene rings is 2. The number of aromatic nitrogens is 2. The van der Waals surface area contributed by atoms with Crippen LogP contribution in [0.3, 0.4) is 0 Å². The summed E-state index contributed by atoms with van der Waals surface area (Å²) in [5.74, 6) is -4.25. The third kappa shape index (κ3) is 8.23. The largest absolute Gasteiger partial charge is 0.459 e. The molecule has 0 spiro atoms. The number of sulfonamides is 1. The molecule has 14 heteroatoms. The lowest BCUT2D eigenvalue weighted by atomic mass is 10.0. The Morgan fingerprint density at radius 2 is 1.72 bits per heavy atom.